The highest BCUT2D eigenvalue weighted by atomic mass is 79.9. The molecule has 106 valence electrons. The minimum absolute atomic E-state index is 0.149. The molecule has 0 aliphatic heterocycles. The average Bonchev–Trinajstić information content (AvgIpc) is 2.30. The van der Waals surface area contributed by atoms with Crippen molar-refractivity contribution >= 4 is 15.9 Å². The summed E-state index contributed by atoms with van der Waals surface area (Å²) >= 11 is 3.16. The Kier molecular flexibility index (Phi) is 4.40. The molecule has 0 amide bonds. The Morgan fingerprint density at radius 1 is 1.21 bits per heavy atom. The lowest BCUT2D eigenvalue weighted by Crippen LogP contribution is -2.41. The molecular weight excluding hydrogens is 323 g/mol. The highest BCUT2D eigenvalue weighted by Gasteiger charge is 2.35. The predicted molar refractivity (Wildman–Crippen MR) is 70.0 cm³/mol. The van der Waals surface area contributed by atoms with E-state index >= 15 is 0 Å². The maximum Gasteiger partial charge on any atom is 0.419 e. The summed E-state index contributed by atoms with van der Waals surface area (Å²) in [4.78, 5) is 0. The smallest absolute Gasteiger partial charge is 0.419 e. The highest BCUT2D eigenvalue weighted by molar-refractivity contribution is 9.10. The van der Waals surface area contributed by atoms with E-state index in [0.717, 1.165) is 25.3 Å². The number of hydrogen-bond acceptors (Lipinski definition) is 2. The van der Waals surface area contributed by atoms with Crippen molar-refractivity contribution in [2.24, 2.45) is 5.73 Å². The minimum Gasteiger partial charge on any atom is -0.488 e. The fraction of sp³-hybridized carbons (Fsp3) is 0.538. The third-order valence-corrected chi connectivity index (χ3v) is 3.77. The molecule has 6 heteroatoms. The van der Waals surface area contributed by atoms with Gasteiger partial charge < -0.3 is 10.5 Å². The largest absolute Gasteiger partial charge is 0.488 e. The lowest BCUT2D eigenvalue weighted by Gasteiger charge is -2.30. The van der Waals surface area contributed by atoms with Crippen molar-refractivity contribution in [2.75, 3.05) is 0 Å². The van der Waals surface area contributed by atoms with Crippen LogP contribution in [0.1, 0.15) is 31.2 Å². The van der Waals surface area contributed by atoms with Crippen molar-refractivity contribution in [3.63, 3.8) is 0 Å². The number of alkyl halides is 3. The van der Waals surface area contributed by atoms with Crippen LogP contribution in [-0.4, -0.2) is 12.1 Å². The maximum absolute atomic E-state index is 12.9. The lowest BCUT2D eigenvalue weighted by molar-refractivity contribution is -0.139. The van der Waals surface area contributed by atoms with Gasteiger partial charge in [0.25, 0.3) is 0 Å². The van der Waals surface area contributed by atoms with E-state index < -0.39 is 11.7 Å². The molecule has 0 radical (unpaired) electrons. The summed E-state index contributed by atoms with van der Waals surface area (Å²) in [6.07, 6.45) is -1.33. The Bertz CT molecular complexity index is 450. The van der Waals surface area contributed by atoms with Crippen LogP contribution in [0.25, 0.3) is 0 Å². The minimum atomic E-state index is -4.42. The van der Waals surface area contributed by atoms with E-state index in [9.17, 15) is 13.2 Å². The van der Waals surface area contributed by atoms with Gasteiger partial charge in [-0.25, -0.2) is 0 Å². The summed E-state index contributed by atoms with van der Waals surface area (Å²) in [7, 11) is 0. The van der Waals surface area contributed by atoms with Crippen LogP contribution in [0.4, 0.5) is 13.2 Å². The molecule has 1 aliphatic carbocycles. The fourth-order valence-electron chi connectivity index (χ4n) is 2.26. The van der Waals surface area contributed by atoms with E-state index in [1.165, 1.54) is 12.1 Å². The van der Waals surface area contributed by atoms with Gasteiger partial charge in [-0.05, 0) is 37.5 Å². The van der Waals surface area contributed by atoms with Gasteiger partial charge in [-0.15, -0.1) is 0 Å². The van der Waals surface area contributed by atoms with Crippen molar-refractivity contribution in [3.05, 3.63) is 28.2 Å². The first-order valence-corrected chi connectivity index (χ1v) is 6.96. The van der Waals surface area contributed by atoms with Gasteiger partial charge in [0.2, 0.25) is 0 Å². The Labute approximate surface area is 118 Å². The second-order valence-corrected chi connectivity index (χ2v) is 5.66. The lowest BCUT2D eigenvalue weighted by atomic mass is 9.93. The molecule has 1 aliphatic rings. The van der Waals surface area contributed by atoms with Crippen molar-refractivity contribution in [1.29, 1.82) is 0 Å². The van der Waals surface area contributed by atoms with Gasteiger partial charge in [0.1, 0.15) is 11.9 Å². The van der Waals surface area contributed by atoms with E-state index in [1.54, 1.807) is 0 Å². The molecule has 0 aromatic heterocycles. The van der Waals surface area contributed by atoms with Crippen LogP contribution < -0.4 is 10.5 Å². The number of ether oxygens (including phenoxy) is 1. The van der Waals surface area contributed by atoms with E-state index in [2.05, 4.69) is 15.9 Å². The summed E-state index contributed by atoms with van der Waals surface area (Å²) < 4.78 is 44.8. The first-order chi connectivity index (χ1) is 8.88. The molecule has 1 aromatic rings. The van der Waals surface area contributed by atoms with Gasteiger partial charge in [0.15, 0.2) is 0 Å². The Morgan fingerprint density at radius 3 is 2.53 bits per heavy atom. The zero-order valence-electron chi connectivity index (χ0n) is 10.2. The fourth-order valence-corrected chi connectivity index (χ4v) is 2.60. The number of benzene rings is 1. The van der Waals surface area contributed by atoms with E-state index in [0.29, 0.717) is 10.9 Å². The molecule has 0 bridgehead atoms. The second kappa shape index (κ2) is 5.71. The summed E-state index contributed by atoms with van der Waals surface area (Å²) in [5.74, 6) is -0.149. The molecule has 0 saturated heterocycles. The van der Waals surface area contributed by atoms with Crippen LogP contribution in [-0.2, 0) is 6.18 Å². The number of halogens is 4. The topological polar surface area (TPSA) is 35.2 Å². The Morgan fingerprint density at radius 2 is 1.89 bits per heavy atom. The van der Waals surface area contributed by atoms with Gasteiger partial charge in [0.05, 0.1) is 5.56 Å². The Hall–Kier alpha value is -0.750. The van der Waals surface area contributed by atoms with Gasteiger partial charge in [0, 0.05) is 10.5 Å². The van der Waals surface area contributed by atoms with E-state index in [4.69, 9.17) is 10.5 Å². The van der Waals surface area contributed by atoms with Crippen LogP contribution in [0.5, 0.6) is 5.75 Å². The first-order valence-electron chi connectivity index (χ1n) is 6.17. The monoisotopic (exact) mass is 337 g/mol. The number of nitrogens with two attached hydrogens (primary N) is 1. The zero-order valence-corrected chi connectivity index (χ0v) is 11.8. The molecule has 2 unspecified atom stereocenters. The van der Waals surface area contributed by atoms with E-state index in [1.807, 2.05) is 0 Å². The van der Waals surface area contributed by atoms with Crippen LogP contribution in [0.3, 0.4) is 0 Å². The second-order valence-electron chi connectivity index (χ2n) is 4.74. The van der Waals surface area contributed by atoms with E-state index in [-0.39, 0.29) is 17.9 Å². The molecule has 1 fully saturated rings. The molecule has 2 N–H and O–H groups in total. The summed E-state index contributed by atoms with van der Waals surface area (Å²) in [6.45, 7) is 0. The maximum atomic E-state index is 12.9. The number of hydrogen-bond donors (Lipinski definition) is 1. The molecule has 1 aromatic carbocycles. The zero-order chi connectivity index (χ0) is 14.0. The SMILES string of the molecule is NC1CCCCC1Oc1cc(Br)ccc1C(F)(F)F. The van der Waals surface area contributed by atoms with Crippen LogP contribution in [0, 0.1) is 0 Å². The molecule has 2 nitrogen and oxygen atoms in total. The quantitative estimate of drug-likeness (QED) is 0.881. The van der Waals surface area contributed by atoms with Gasteiger partial charge in [-0.3, -0.25) is 0 Å². The molecule has 1 saturated carbocycles. The molecule has 2 atom stereocenters. The molecule has 19 heavy (non-hydrogen) atoms. The van der Waals surface area contributed by atoms with Crippen molar-refractivity contribution < 1.29 is 17.9 Å². The summed E-state index contributed by atoms with van der Waals surface area (Å²) in [5, 5.41) is 0. The molecular formula is C13H15BrF3NO. The number of rotatable bonds is 2. The van der Waals surface area contributed by atoms with Gasteiger partial charge in [-0.1, -0.05) is 22.4 Å². The van der Waals surface area contributed by atoms with Crippen molar-refractivity contribution in [3.8, 4) is 5.75 Å². The van der Waals surface area contributed by atoms with Crippen molar-refractivity contribution in [1.82, 2.24) is 0 Å². The molecule has 2 rings (SSSR count). The highest BCUT2D eigenvalue weighted by Crippen LogP contribution is 2.38. The van der Waals surface area contributed by atoms with Gasteiger partial charge in [-0.2, -0.15) is 13.2 Å². The van der Waals surface area contributed by atoms with Crippen molar-refractivity contribution in [2.45, 2.75) is 44.0 Å². The third kappa shape index (κ3) is 3.63. The third-order valence-electron chi connectivity index (χ3n) is 3.28. The normalized spacial score (nSPS) is 24.3. The molecule has 0 heterocycles. The van der Waals surface area contributed by atoms with Crippen LogP contribution >= 0.6 is 15.9 Å². The summed E-state index contributed by atoms with van der Waals surface area (Å²) in [6, 6.07) is 3.53. The predicted octanol–water partition coefficient (Wildman–Crippen LogP) is 4.12. The first kappa shape index (κ1) is 14.7. The summed E-state index contributed by atoms with van der Waals surface area (Å²) in [5.41, 5.74) is 5.15. The average molecular weight is 338 g/mol. The Balaban J connectivity index is 2.25. The standard InChI is InChI=1S/C13H15BrF3NO/c14-8-5-6-9(13(15,16)17)12(7-8)19-11-4-2-1-3-10(11)18/h5-7,10-11H,1-4,18H2. The molecule has 0 spiro atoms. The van der Waals surface area contributed by atoms with Crippen LogP contribution in [0.2, 0.25) is 0 Å². The van der Waals surface area contributed by atoms with Crippen LogP contribution in [0.15, 0.2) is 22.7 Å². The van der Waals surface area contributed by atoms with Gasteiger partial charge >= 0.3 is 6.18 Å².